The molecule has 4 rings (SSSR count). The molecule has 160 valence electrons. The third-order valence-electron chi connectivity index (χ3n) is 5.59. The third kappa shape index (κ3) is 3.70. The van der Waals surface area contributed by atoms with Crippen LogP contribution in [0.3, 0.4) is 0 Å². The third-order valence-corrected chi connectivity index (χ3v) is 7.60. The molecule has 1 saturated heterocycles. The molecule has 0 spiro atoms. The van der Waals surface area contributed by atoms with Crippen LogP contribution in [-0.2, 0) is 28.9 Å². The largest absolute Gasteiger partial charge is 0.337 e. The molecule has 1 aliphatic heterocycles. The second-order valence-electron chi connectivity index (χ2n) is 7.53. The SMILES string of the molecule is Cc1nc(S(=O)(=O)N2CCC(C(=O)Nc3nc4cc(Cl)ccc4n3C)CC2)cn1C. The molecule has 1 aliphatic rings. The summed E-state index contributed by atoms with van der Waals surface area (Å²) < 4.78 is 30.5. The summed E-state index contributed by atoms with van der Waals surface area (Å²) in [6.07, 6.45) is 2.39. The van der Waals surface area contributed by atoms with Crippen LogP contribution in [0.25, 0.3) is 11.0 Å². The Balaban J connectivity index is 1.43. The smallest absolute Gasteiger partial charge is 0.262 e. The van der Waals surface area contributed by atoms with Crippen molar-refractivity contribution in [1.29, 1.82) is 0 Å². The van der Waals surface area contributed by atoms with Gasteiger partial charge in [-0.1, -0.05) is 11.6 Å². The predicted octanol–water partition coefficient (Wildman–Crippen LogP) is 2.31. The average molecular weight is 451 g/mol. The number of carbonyl (C=O) groups is 1. The molecule has 0 radical (unpaired) electrons. The van der Waals surface area contributed by atoms with Gasteiger partial charge >= 0.3 is 0 Å². The molecule has 11 heteroatoms. The molecular weight excluding hydrogens is 428 g/mol. The first kappa shape index (κ1) is 20.8. The van der Waals surface area contributed by atoms with Gasteiger partial charge in [-0.15, -0.1) is 0 Å². The highest BCUT2D eigenvalue weighted by Crippen LogP contribution is 2.26. The minimum absolute atomic E-state index is 0.0452. The molecule has 1 aromatic carbocycles. The molecule has 9 nitrogen and oxygen atoms in total. The van der Waals surface area contributed by atoms with Gasteiger partial charge < -0.3 is 9.13 Å². The van der Waals surface area contributed by atoms with Gasteiger partial charge in [0, 0.05) is 44.3 Å². The molecule has 1 amide bonds. The van der Waals surface area contributed by atoms with E-state index in [0.717, 1.165) is 5.52 Å². The molecule has 3 heterocycles. The van der Waals surface area contributed by atoms with E-state index in [1.165, 1.54) is 10.5 Å². The number of halogens is 1. The van der Waals surface area contributed by atoms with Gasteiger partial charge in [0.25, 0.3) is 10.0 Å². The van der Waals surface area contributed by atoms with Gasteiger partial charge in [0.2, 0.25) is 11.9 Å². The van der Waals surface area contributed by atoms with Gasteiger partial charge in [0.1, 0.15) is 5.82 Å². The number of anilines is 1. The fourth-order valence-corrected chi connectivity index (χ4v) is 5.30. The monoisotopic (exact) mass is 450 g/mol. The fourth-order valence-electron chi connectivity index (χ4n) is 3.64. The molecular formula is C19H23ClN6O3S. The van der Waals surface area contributed by atoms with Crippen molar-refractivity contribution >= 4 is 44.5 Å². The topological polar surface area (TPSA) is 102 Å². The Labute approximate surface area is 179 Å². The summed E-state index contributed by atoms with van der Waals surface area (Å²) in [4.78, 5) is 21.3. The number of aromatic nitrogens is 4. The number of piperidine rings is 1. The van der Waals surface area contributed by atoms with Crippen LogP contribution in [0.15, 0.2) is 29.4 Å². The predicted molar refractivity (Wildman–Crippen MR) is 114 cm³/mol. The number of sulfonamides is 1. The zero-order chi connectivity index (χ0) is 21.6. The summed E-state index contributed by atoms with van der Waals surface area (Å²) in [5.74, 6) is 0.624. The zero-order valence-corrected chi connectivity index (χ0v) is 18.5. The molecule has 0 aliphatic carbocycles. The lowest BCUT2D eigenvalue weighted by Crippen LogP contribution is -2.41. The van der Waals surface area contributed by atoms with Crippen LogP contribution < -0.4 is 5.32 Å². The van der Waals surface area contributed by atoms with Crippen molar-refractivity contribution in [3.8, 4) is 0 Å². The lowest BCUT2D eigenvalue weighted by Gasteiger charge is -2.29. The van der Waals surface area contributed by atoms with E-state index in [9.17, 15) is 13.2 Å². The highest BCUT2D eigenvalue weighted by molar-refractivity contribution is 7.89. The molecule has 0 bridgehead atoms. The van der Waals surface area contributed by atoms with E-state index in [1.54, 1.807) is 35.2 Å². The Bertz CT molecular complexity index is 1210. The first-order valence-corrected chi connectivity index (χ1v) is 11.4. The fraction of sp³-hybridized carbons (Fsp3) is 0.421. The normalized spacial score (nSPS) is 16.3. The number of rotatable bonds is 4. The van der Waals surface area contributed by atoms with Gasteiger partial charge in [-0.3, -0.25) is 10.1 Å². The molecule has 0 unspecified atom stereocenters. The van der Waals surface area contributed by atoms with Crippen LogP contribution in [0.2, 0.25) is 5.02 Å². The molecule has 2 aromatic heterocycles. The lowest BCUT2D eigenvalue weighted by atomic mass is 9.97. The van der Waals surface area contributed by atoms with Crippen molar-refractivity contribution in [1.82, 2.24) is 23.4 Å². The van der Waals surface area contributed by atoms with E-state index in [4.69, 9.17) is 11.6 Å². The van der Waals surface area contributed by atoms with Crippen molar-refractivity contribution in [2.45, 2.75) is 24.8 Å². The molecule has 30 heavy (non-hydrogen) atoms. The summed E-state index contributed by atoms with van der Waals surface area (Å²) in [7, 11) is -0.0800. The van der Waals surface area contributed by atoms with Crippen LogP contribution >= 0.6 is 11.6 Å². The Kier molecular flexibility index (Phi) is 5.33. The molecule has 1 fully saturated rings. The number of fused-ring (bicyclic) bond motifs is 1. The summed E-state index contributed by atoms with van der Waals surface area (Å²) >= 11 is 6.02. The van der Waals surface area contributed by atoms with E-state index >= 15 is 0 Å². The first-order chi connectivity index (χ1) is 14.2. The summed E-state index contributed by atoms with van der Waals surface area (Å²) in [5, 5.41) is 3.50. The van der Waals surface area contributed by atoms with Crippen LogP contribution in [0.5, 0.6) is 0 Å². The molecule has 3 aromatic rings. The second kappa shape index (κ2) is 7.68. The maximum Gasteiger partial charge on any atom is 0.262 e. The van der Waals surface area contributed by atoms with Crippen LogP contribution in [0, 0.1) is 12.8 Å². The number of imidazole rings is 2. The van der Waals surface area contributed by atoms with E-state index in [2.05, 4.69) is 15.3 Å². The van der Waals surface area contributed by atoms with Crippen molar-refractivity contribution in [2.24, 2.45) is 20.0 Å². The van der Waals surface area contributed by atoms with E-state index in [1.807, 2.05) is 13.1 Å². The quantitative estimate of drug-likeness (QED) is 0.657. The Morgan fingerprint density at radius 3 is 2.53 bits per heavy atom. The van der Waals surface area contributed by atoms with Crippen molar-refractivity contribution in [3.05, 3.63) is 35.2 Å². The minimum atomic E-state index is -3.66. The highest BCUT2D eigenvalue weighted by atomic mass is 35.5. The summed E-state index contributed by atoms with van der Waals surface area (Å²) in [5.41, 5.74) is 1.56. The van der Waals surface area contributed by atoms with Gasteiger partial charge in [-0.05, 0) is 38.0 Å². The Morgan fingerprint density at radius 1 is 1.20 bits per heavy atom. The summed E-state index contributed by atoms with van der Waals surface area (Å²) in [6.45, 7) is 2.30. The zero-order valence-electron chi connectivity index (χ0n) is 17.0. The number of hydrogen-bond acceptors (Lipinski definition) is 5. The Hall–Kier alpha value is -2.43. The number of amides is 1. The first-order valence-electron chi connectivity index (χ1n) is 9.60. The second-order valence-corrected chi connectivity index (χ2v) is 9.85. The number of aryl methyl sites for hydroxylation is 3. The number of benzene rings is 1. The standard InChI is InChI=1S/C19H23ClN6O3S/c1-12-21-17(11-24(12)2)30(28,29)26-8-6-13(7-9-26)18(27)23-19-22-15-10-14(20)4-5-16(15)25(19)3/h4-5,10-11,13H,6-9H2,1-3H3,(H,22,23,27). The van der Waals surface area contributed by atoms with E-state index in [-0.39, 0.29) is 29.9 Å². The van der Waals surface area contributed by atoms with Crippen molar-refractivity contribution < 1.29 is 13.2 Å². The lowest BCUT2D eigenvalue weighted by molar-refractivity contribution is -0.121. The van der Waals surface area contributed by atoms with Gasteiger partial charge in [-0.2, -0.15) is 4.31 Å². The van der Waals surface area contributed by atoms with E-state index in [0.29, 0.717) is 35.2 Å². The maximum atomic E-state index is 12.8. The maximum absolute atomic E-state index is 12.8. The van der Waals surface area contributed by atoms with Gasteiger partial charge in [0.15, 0.2) is 5.03 Å². The number of hydrogen-bond donors (Lipinski definition) is 1. The Morgan fingerprint density at radius 2 is 1.90 bits per heavy atom. The number of carbonyl (C=O) groups excluding carboxylic acids is 1. The van der Waals surface area contributed by atoms with E-state index < -0.39 is 10.0 Å². The molecule has 1 N–H and O–H groups in total. The number of nitrogens with zero attached hydrogens (tertiary/aromatic N) is 5. The minimum Gasteiger partial charge on any atom is -0.337 e. The van der Waals surface area contributed by atoms with Crippen molar-refractivity contribution in [2.75, 3.05) is 18.4 Å². The molecule has 0 atom stereocenters. The van der Waals surface area contributed by atoms with Crippen LogP contribution in [-0.4, -0.2) is 50.8 Å². The van der Waals surface area contributed by atoms with Gasteiger partial charge in [0.05, 0.1) is 11.0 Å². The summed E-state index contributed by atoms with van der Waals surface area (Å²) in [6, 6.07) is 5.37. The highest BCUT2D eigenvalue weighted by Gasteiger charge is 2.34. The average Bonchev–Trinajstić information content (AvgIpc) is 3.21. The van der Waals surface area contributed by atoms with Crippen LogP contribution in [0.1, 0.15) is 18.7 Å². The molecule has 0 saturated carbocycles. The number of nitrogens with one attached hydrogen (secondary N) is 1. The van der Waals surface area contributed by atoms with Crippen molar-refractivity contribution in [3.63, 3.8) is 0 Å². The van der Waals surface area contributed by atoms with Crippen LogP contribution in [0.4, 0.5) is 5.95 Å². The van der Waals surface area contributed by atoms with Gasteiger partial charge in [-0.25, -0.2) is 18.4 Å².